The maximum atomic E-state index is 13.9. The lowest BCUT2D eigenvalue weighted by molar-refractivity contribution is 0.571. The van der Waals surface area contributed by atoms with Crippen molar-refractivity contribution in [3.05, 3.63) is 35.4 Å². The number of nitrogens with one attached hydrogen (secondary N) is 1. The Labute approximate surface area is 116 Å². The van der Waals surface area contributed by atoms with Crippen LogP contribution < -0.4 is 5.73 Å². The van der Waals surface area contributed by atoms with Gasteiger partial charge in [0.05, 0.1) is 0 Å². The lowest BCUT2D eigenvalue weighted by Gasteiger charge is -2.13. The van der Waals surface area contributed by atoms with E-state index in [-0.39, 0.29) is 11.9 Å². The first-order chi connectivity index (χ1) is 9.10. The highest BCUT2D eigenvalue weighted by Crippen LogP contribution is 2.30. The molecular formula is C13H17FN4S. The van der Waals surface area contributed by atoms with Crippen LogP contribution in [0.2, 0.25) is 0 Å². The molecule has 2 rings (SSSR count). The summed E-state index contributed by atoms with van der Waals surface area (Å²) >= 11 is 1.35. The number of nitrogens with two attached hydrogens (primary N) is 1. The summed E-state index contributed by atoms with van der Waals surface area (Å²) in [5, 5.41) is 7.42. The van der Waals surface area contributed by atoms with E-state index in [1.165, 1.54) is 17.8 Å². The molecule has 19 heavy (non-hydrogen) atoms. The summed E-state index contributed by atoms with van der Waals surface area (Å²) in [5.74, 6) is 0.520. The van der Waals surface area contributed by atoms with Gasteiger partial charge in [0.25, 0.3) is 0 Å². The van der Waals surface area contributed by atoms with Gasteiger partial charge in [-0.3, -0.25) is 5.10 Å². The van der Waals surface area contributed by atoms with E-state index in [1.54, 1.807) is 6.07 Å². The quantitative estimate of drug-likeness (QED) is 0.883. The lowest BCUT2D eigenvalue weighted by Crippen LogP contribution is -2.22. The number of aromatic amines is 1. The number of H-pyrrole nitrogens is 1. The van der Waals surface area contributed by atoms with Gasteiger partial charge in [-0.05, 0) is 43.7 Å². The zero-order valence-corrected chi connectivity index (χ0v) is 11.8. The van der Waals surface area contributed by atoms with Crippen LogP contribution in [0.15, 0.2) is 28.3 Å². The number of halogens is 1. The van der Waals surface area contributed by atoms with Crippen LogP contribution in [0.3, 0.4) is 0 Å². The van der Waals surface area contributed by atoms with Gasteiger partial charge in [0.2, 0.25) is 5.16 Å². The van der Waals surface area contributed by atoms with Gasteiger partial charge in [-0.1, -0.05) is 13.0 Å². The van der Waals surface area contributed by atoms with E-state index < -0.39 is 0 Å². The van der Waals surface area contributed by atoms with Crippen LogP contribution >= 0.6 is 11.8 Å². The van der Waals surface area contributed by atoms with Gasteiger partial charge in [0, 0.05) is 16.5 Å². The molecule has 102 valence electrons. The fraction of sp³-hybridized carbons (Fsp3) is 0.385. The monoisotopic (exact) mass is 280 g/mol. The molecule has 0 saturated heterocycles. The van der Waals surface area contributed by atoms with Crippen molar-refractivity contribution in [2.75, 3.05) is 0 Å². The summed E-state index contributed by atoms with van der Waals surface area (Å²) < 4.78 is 13.9. The Hall–Kier alpha value is -1.40. The second kappa shape index (κ2) is 6.16. The van der Waals surface area contributed by atoms with E-state index in [0.717, 1.165) is 17.1 Å². The van der Waals surface area contributed by atoms with Crippen molar-refractivity contribution in [1.29, 1.82) is 0 Å². The zero-order chi connectivity index (χ0) is 13.8. The van der Waals surface area contributed by atoms with Crippen molar-refractivity contribution in [3.63, 3.8) is 0 Å². The number of hydrogen-bond donors (Lipinski definition) is 2. The number of aromatic nitrogens is 3. The Balaban J connectivity index is 2.26. The molecule has 0 aliphatic heterocycles. The number of rotatable bonds is 5. The maximum Gasteiger partial charge on any atom is 0.213 e. The van der Waals surface area contributed by atoms with Gasteiger partial charge < -0.3 is 5.73 Å². The van der Waals surface area contributed by atoms with Gasteiger partial charge in [-0.15, -0.1) is 5.10 Å². The molecule has 0 bridgehead atoms. The van der Waals surface area contributed by atoms with Crippen molar-refractivity contribution in [1.82, 2.24) is 15.2 Å². The number of hydrogen-bond acceptors (Lipinski definition) is 4. The minimum absolute atomic E-state index is 0.0369. The molecule has 4 nitrogen and oxygen atoms in total. The molecular weight excluding hydrogens is 263 g/mol. The molecule has 0 amide bonds. The summed E-state index contributed by atoms with van der Waals surface area (Å²) in [6, 6.07) is 4.99. The number of aryl methyl sites for hydroxylation is 1. The molecule has 0 fully saturated rings. The first-order valence-electron chi connectivity index (χ1n) is 6.20. The highest BCUT2D eigenvalue weighted by atomic mass is 32.2. The predicted octanol–water partition coefficient (Wildman–Crippen LogP) is 2.68. The average Bonchev–Trinajstić information content (AvgIpc) is 2.79. The lowest BCUT2D eigenvalue weighted by atomic mass is 10.0. The highest BCUT2D eigenvalue weighted by Gasteiger charge is 2.14. The molecule has 0 saturated carbocycles. The molecule has 3 N–H and O–H groups in total. The van der Waals surface area contributed by atoms with Crippen LogP contribution in [-0.2, 0) is 6.42 Å². The molecule has 1 unspecified atom stereocenters. The molecule has 2 aromatic rings. The normalized spacial score (nSPS) is 12.6. The topological polar surface area (TPSA) is 67.6 Å². The van der Waals surface area contributed by atoms with Crippen molar-refractivity contribution < 1.29 is 4.39 Å². The predicted molar refractivity (Wildman–Crippen MR) is 73.6 cm³/mol. The second-order valence-electron chi connectivity index (χ2n) is 4.39. The molecule has 0 aliphatic rings. The van der Waals surface area contributed by atoms with Gasteiger partial charge in [-0.2, -0.15) is 0 Å². The largest absolute Gasteiger partial charge is 0.327 e. The zero-order valence-electron chi connectivity index (χ0n) is 11.0. The Morgan fingerprint density at radius 3 is 2.89 bits per heavy atom. The van der Waals surface area contributed by atoms with Crippen molar-refractivity contribution in [2.45, 2.75) is 42.8 Å². The van der Waals surface area contributed by atoms with Crippen molar-refractivity contribution >= 4 is 11.8 Å². The van der Waals surface area contributed by atoms with Gasteiger partial charge in [-0.25, -0.2) is 9.37 Å². The first kappa shape index (κ1) is 14.0. The van der Waals surface area contributed by atoms with E-state index in [0.29, 0.717) is 17.1 Å². The summed E-state index contributed by atoms with van der Waals surface area (Å²) in [5.41, 5.74) is 6.57. The van der Waals surface area contributed by atoms with Gasteiger partial charge in [0.1, 0.15) is 11.6 Å². The van der Waals surface area contributed by atoms with Gasteiger partial charge in [0.15, 0.2) is 0 Å². The molecule has 0 radical (unpaired) electrons. The Morgan fingerprint density at radius 1 is 1.47 bits per heavy atom. The third-order valence-corrected chi connectivity index (χ3v) is 3.81. The molecule has 1 aromatic carbocycles. The third-order valence-electron chi connectivity index (χ3n) is 2.84. The molecule has 0 aliphatic carbocycles. The fourth-order valence-corrected chi connectivity index (χ4v) is 2.63. The summed E-state index contributed by atoms with van der Waals surface area (Å²) in [6.07, 6.45) is 1.34. The van der Waals surface area contributed by atoms with Crippen LogP contribution in [0.1, 0.15) is 24.7 Å². The van der Waals surface area contributed by atoms with Crippen LogP contribution in [0, 0.1) is 12.7 Å². The highest BCUT2D eigenvalue weighted by molar-refractivity contribution is 7.99. The summed E-state index contributed by atoms with van der Waals surface area (Å²) in [7, 11) is 0. The number of nitrogens with zero attached hydrogens (tertiary/aromatic N) is 2. The van der Waals surface area contributed by atoms with Crippen molar-refractivity contribution in [2.24, 2.45) is 5.73 Å². The van der Waals surface area contributed by atoms with E-state index in [4.69, 9.17) is 5.73 Å². The molecule has 6 heteroatoms. The first-order valence-corrected chi connectivity index (χ1v) is 7.01. The fourth-order valence-electron chi connectivity index (χ4n) is 1.71. The SMILES string of the molecule is CCC(N)Cc1c(F)cccc1Sc1n[nH]c(C)n1. The van der Waals surface area contributed by atoms with Crippen LogP contribution in [0.25, 0.3) is 0 Å². The van der Waals surface area contributed by atoms with E-state index >= 15 is 0 Å². The minimum Gasteiger partial charge on any atom is -0.327 e. The van der Waals surface area contributed by atoms with E-state index in [9.17, 15) is 4.39 Å². The summed E-state index contributed by atoms with van der Waals surface area (Å²) in [6.45, 7) is 3.83. The van der Waals surface area contributed by atoms with E-state index in [1.807, 2.05) is 19.9 Å². The maximum absolute atomic E-state index is 13.9. The molecule has 0 spiro atoms. The van der Waals surface area contributed by atoms with Crippen molar-refractivity contribution in [3.8, 4) is 0 Å². The average molecular weight is 280 g/mol. The van der Waals surface area contributed by atoms with E-state index in [2.05, 4.69) is 15.2 Å². The van der Waals surface area contributed by atoms with Crippen LogP contribution in [-0.4, -0.2) is 21.2 Å². The standard InChI is InChI=1S/C13H17FN4S/c1-3-9(15)7-10-11(14)5-4-6-12(10)19-13-16-8(2)17-18-13/h4-6,9H,3,7,15H2,1-2H3,(H,16,17,18). The van der Waals surface area contributed by atoms with Gasteiger partial charge >= 0.3 is 0 Å². The smallest absolute Gasteiger partial charge is 0.213 e. The number of benzene rings is 1. The Bertz CT molecular complexity index is 555. The minimum atomic E-state index is -0.221. The van der Waals surface area contributed by atoms with Crippen LogP contribution in [0.5, 0.6) is 0 Å². The molecule has 1 atom stereocenters. The van der Waals surface area contributed by atoms with Crippen LogP contribution in [0.4, 0.5) is 4.39 Å². The second-order valence-corrected chi connectivity index (χ2v) is 5.40. The Morgan fingerprint density at radius 2 is 2.26 bits per heavy atom. The Kier molecular flexibility index (Phi) is 4.55. The summed E-state index contributed by atoms with van der Waals surface area (Å²) in [4.78, 5) is 5.04. The third kappa shape index (κ3) is 3.54. The molecule has 1 aromatic heterocycles. The molecule has 1 heterocycles.